The summed E-state index contributed by atoms with van der Waals surface area (Å²) in [6.07, 6.45) is 5.48. The van der Waals surface area contributed by atoms with E-state index in [1.165, 1.54) is 0 Å². The largest absolute Gasteiger partial charge is 0.128 e. The summed E-state index contributed by atoms with van der Waals surface area (Å²) in [6, 6.07) is 1.05. The Hall–Kier alpha value is -0.823. The van der Waals surface area contributed by atoms with Crippen molar-refractivity contribution in [1.29, 1.82) is 0 Å². The maximum atomic E-state index is 3.84. The molecule has 0 aromatic rings. The summed E-state index contributed by atoms with van der Waals surface area (Å²) in [5.41, 5.74) is 6.06. The molecule has 12 heavy (non-hydrogen) atoms. The molecule has 0 aliphatic heterocycles. The average Bonchev–Trinajstić information content (AvgIpc) is 2.14. The fraction of sp³-hybridized carbons (Fsp3) is 0.273. The van der Waals surface area contributed by atoms with Gasteiger partial charge >= 0.3 is 0 Å². The van der Waals surface area contributed by atoms with E-state index in [4.69, 9.17) is 0 Å². The topological polar surface area (TPSA) is 0 Å². The van der Waals surface area contributed by atoms with Crippen molar-refractivity contribution in [2.75, 3.05) is 0 Å². The standard InChI is InChI=1S/C11H18Si/c1-5-9-10-11-12(6-2,7-3)8-4/h6-10H,2-5,11H2,1H3/b10-9+. The fourth-order valence-corrected chi connectivity index (χ4v) is 2.53. The second kappa shape index (κ2) is 5.78. The Bertz CT molecular complexity index is 167. The highest BCUT2D eigenvalue weighted by atomic mass is 28.3. The molecular formula is C11H18Si. The molecule has 0 atom stereocenters. The van der Waals surface area contributed by atoms with Crippen LogP contribution in [-0.4, -0.2) is 8.07 Å². The zero-order valence-electron chi connectivity index (χ0n) is 7.92. The van der Waals surface area contributed by atoms with Gasteiger partial charge in [-0.3, -0.25) is 0 Å². The Morgan fingerprint density at radius 3 is 1.83 bits per heavy atom. The average molecular weight is 178 g/mol. The molecule has 0 spiro atoms. The SMILES string of the molecule is C=C[Si](C=C)(C=C)C/C=C/CC. The molecule has 0 aliphatic carbocycles. The zero-order valence-corrected chi connectivity index (χ0v) is 8.92. The van der Waals surface area contributed by atoms with Crippen molar-refractivity contribution in [2.24, 2.45) is 0 Å². The molecule has 0 bridgehead atoms. The van der Waals surface area contributed by atoms with Crippen LogP contribution in [-0.2, 0) is 0 Å². The van der Waals surface area contributed by atoms with Crippen molar-refractivity contribution >= 4 is 8.07 Å². The Morgan fingerprint density at radius 2 is 1.50 bits per heavy atom. The number of rotatable bonds is 6. The Labute approximate surface area is 77.0 Å². The van der Waals surface area contributed by atoms with Gasteiger partial charge in [-0.2, -0.15) is 0 Å². The minimum atomic E-state index is -1.55. The van der Waals surface area contributed by atoms with Gasteiger partial charge in [0.1, 0.15) is 8.07 Å². The van der Waals surface area contributed by atoms with Crippen molar-refractivity contribution in [2.45, 2.75) is 19.4 Å². The van der Waals surface area contributed by atoms with E-state index in [-0.39, 0.29) is 0 Å². The summed E-state index contributed by atoms with van der Waals surface area (Å²) in [4.78, 5) is 0. The quantitative estimate of drug-likeness (QED) is 0.431. The van der Waals surface area contributed by atoms with Gasteiger partial charge in [0.2, 0.25) is 0 Å². The first-order valence-electron chi connectivity index (χ1n) is 4.30. The van der Waals surface area contributed by atoms with Gasteiger partial charge < -0.3 is 0 Å². The van der Waals surface area contributed by atoms with Gasteiger partial charge in [0.25, 0.3) is 0 Å². The number of allylic oxidation sites excluding steroid dienone is 2. The lowest BCUT2D eigenvalue weighted by molar-refractivity contribution is 1.21. The van der Waals surface area contributed by atoms with Crippen LogP contribution in [0.15, 0.2) is 49.0 Å². The van der Waals surface area contributed by atoms with E-state index >= 15 is 0 Å². The molecule has 0 rings (SSSR count). The first kappa shape index (κ1) is 11.2. The summed E-state index contributed by atoms with van der Waals surface area (Å²) in [5.74, 6) is 0. The molecule has 0 aliphatic rings. The molecule has 0 nitrogen and oxygen atoms in total. The molecule has 0 unspecified atom stereocenters. The molecule has 0 radical (unpaired) electrons. The molecule has 1 heteroatoms. The van der Waals surface area contributed by atoms with Crippen LogP contribution >= 0.6 is 0 Å². The summed E-state index contributed by atoms with van der Waals surface area (Å²) >= 11 is 0. The van der Waals surface area contributed by atoms with E-state index in [0.29, 0.717) is 0 Å². The second-order valence-corrected chi connectivity index (χ2v) is 6.67. The van der Waals surface area contributed by atoms with Gasteiger partial charge in [-0.1, -0.05) is 36.2 Å². The fourth-order valence-electron chi connectivity index (χ4n) is 0.954. The van der Waals surface area contributed by atoms with Gasteiger partial charge in [-0.25, -0.2) is 0 Å². The van der Waals surface area contributed by atoms with E-state index in [1.807, 2.05) is 17.1 Å². The summed E-state index contributed by atoms with van der Waals surface area (Å²) < 4.78 is 0. The molecule has 0 saturated heterocycles. The Morgan fingerprint density at radius 1 is 1.00 bits per heavy atom. The van der Waals surface area contributed by atoms with Crippen LogP contribution in [0.5, 0.6) is 0 Å². The van der Waals surface area contributed by atoms with Crippen molar-refractivity contribution in [3.63, 3.8) is 0 Å². The molecule has 0 saturated carbocycles. The van der Waals surface area contributed by atoms with Crippen LogP contribution in [0.3, 0.4) is 0 Å². The van der Waals surface area contributed by atoms with E-state index in [2.05, 4.69) is 38.8 Å². The third kappa shape index (κ3) is 3.05. The third-order valence-electron chi connectivity index (χ3n) is 2.01. The minimum absolute atomic E-state index is 1.05. The van der Waals surface area contributed by atoms with Crippen LogP contribution in [0.4, 0.5) is 0 Å². The number of hydrogen-bond acceptors (Lipinski definition) is 0. The van der Waals surface area contributed by atoms with E-state index in [0.717, 1.165) is 12.5 Å². The Kier molecular flexibility index (Phi) is 5.38. The first-order valence-corrected chi connectivity index (χ1v) is 6.74. The smallest absolute Gasteiger partial charge is 0.106 e. The molecule has 0 heterocycles. The molecular weight excluding hydrogens is 160 g/mol. The number of hydrogen-bond donors (Lipinski definition) is 0. The van der Waals surface area contributed by atoms with Crippen LogP contribution < -0.4 is 0 Å². The minimum Gasteiger partial charge on any atom is -0.106 e. The van der Waals surface area contributed by atoms with Gasteiger partial charge in [-0.15, -0.1) is 19.7 Å². The van der Waals surface area contributed by atoms with E-state index in [1.54, 1.807) is 0 Å². The molecule has 0 aromatic carbocycles. The molecule has 0 fully saturated rings. The monoisotopic (exact) mass is 178 g/mol. The van der Waals surface area contributed by atoms with Crippen molar-refractivity contribution < 1.29 is 0 Å². The van der Waals surface area contributed by atoms with Crippen LogP contribution in [0.1, 0.15) is 13.3 Å². The van der Waals surface area contributed by atoms with Gasteiger partial charge in [0, 0.05) is 0 Å². The van der Waals surface area contributed by atoms with Crippen LogP contribution in [0, 0.1) is 0 Å². The predicted octanol–water partition coefficient (Wildman–Crippen LogP) is 3.58. The molecule has 0 amide bonds. The first-order chi connectivity index (χ1) is 5.74. The van der Waals surface area contributed by atoms with Gasteiger partial charge in [0.05, 0.1) is 0 Å². The summed E-state index contributed by atoms with van der Waals surface area (Å²) in [7, 11) is -1.55. The highest BCUT2D eigenvalue weighted by Gasteiger charge is 2.18. The predicted molar refractivity (Wildman–Crippen MR) is 60.6 cm³/mol. The highest BCUT2D eigenvalue weighted by molar-refractivity contribution is 6.93. The van der Waals surface area contributed by atoms with Crippen molar-refractivity contribution in [1.82, 2.24) is 0 Å². The second-order valence-electron chi connectivity index (χ2n) is 2.81. The maximum Gasteiger partial charge on any atom is 0.128 e. The lowest BCUT2D eigenvalue weighted by atomic mass is 10.4. The molecule has 0 N–H and O–H groups in total. The van der Waals surface area contributed by atoms with Gasteiger partial charge in [0.15, 0.2) is 0 Å². The summed E-state index contributed by atoms with van der Waals surface area (Å²) in [5, 5.41) is 0. The van der Waals surface area contributed by atoms with Crippen LogP contribution in [0.25, 0.3) is 0 Å². The lowest BCUT2D eigenvalue weighted by Gasteiger charge is -2.16. The van der Waals surface area contributed by atoms with E-state index in [9.17, 15) is 0 Å². The summed E-state index contributed by atoms with van der Waals surface area (Å²) in [6.45, 7) is 13.7. The molecule has 66 valence electrons. The highest BCUT2D eigenvalue weighted by Crippen LogP contribution is 2.14. The third-order valence-corrected chi connectivity index (χ3v) is 5.24. The van der Waals surface area contributed by atoms with Crippen molar-refractivity contribution in [3.8, 4) is 0 Å². The lowest BCUT2D eigenvalue weighted by Crippen LogP contribution is -2.25. The van der Waals surface area contributed by atoms with Gasteiger partial charge in [-0.05, 0) is 12.5 Å². The zero-order chi connectivity index (χ0) is 9.45. The Balaban J connectivity index is 4.30. The van der Waals surface area contributed by atoms with E-state index < -0.39 is 8.07 Å². The van der Waals surface area contributed by atoms with Crippen LogP contribution in [0.2, 0.25) is 6.04 Å². The van der Waals surface area contributed by atoms with Crippen molar-refractivity contribution in [3.05, 3.63) is 49.0 Å². The maximum absolute atomic E-state index is 3.84. The normalized spacial score (nSPS) is 11.4. The molecule has 0 aromatic heterocycles.